The summed E-state index contributed by atoms with van der Waals surface area (Å²) < 4.78 is 0. The third-order valence-electron chi connectivity index (χ3n) is 3.44. The van der Waals surface area contributed by atoms with Crippen molar-refractivity contribution in [2.75, 3.05) is 13.6 Å². The fourth-order valence-corrected chi connectivity index (χ4v) is 2.26. The van der Waals surface area contributed by atoms with Crippen LogP contribution in [0.15, 0.2) is 0 Å². The molecule has 0 aromatic carbocycles. The smallest absolute Gasteiger partial charge is 0.0986 e. The molecule has 2 heteroatoms. The molecule has 88 valence electrons. The van der Waals surface area contributed by atoms with Gasteiger partial charge >= 0.3 is 0 Å². The molecule has 0 unspecified atom stereocenters. The molecular weight excluding hydrogens is 184 g/mol. The number of hydrogen-bond donors (Lipinski definition) is 1. The van der Waals surface area contributed by atoms with Gasteiger partial charge in [-0.3, -0.25) is 5.41 Å². The van der Waals surface area contributed by atoms with Gasteiger partial charge in [0.1, 0.15) is 0 Å². The molecule has 2 nitrogen and oxygen atoms in total. The van der Waals surface area contributed by atoms with Gasteiger partial charge < -0.3 is 4.90 Å². The second-order valence-corrected chi connectivity index (χ2v) is 5.32. The summed E-state index contributed by atoms with van der Waals surface area (Å²) in [6, 6.07) is 0. The lowest BCUT2D eigenvalue weighted by Gasteiger charge is -2.29. The Hall–Kier alpha value is -0.530. The highest BCUT2D eigenvalue weighted by atomic mass is 15.1. The third-order valence-corrected chi connectivity index (χ3v) is 3.44. The van der Waals surface area contributed by atoms with E-state index in [2.05, 4.69) is 25.8 Å². The van der Waals surface area contributed by atoms with E-state index in [1.807, 2.05) is 0 Å². The Bertz CT molecular complexity index is 193. The van der Waals surface area contributed by atoms with Crippen molar-refractivity contribution in [1.29, 1.82) is 5.41 Å². The third kappa shape index (κ3) is 4.23. The number of amidine groups is 1. The zero-order chi connectivity index (χ0) is 11.3. The van der Waals surface area contributed by atoms with Crippen molar-refractivity contribution >= 4 is 5.84 Å². The topological polar surface area (TPSA) is 27.1 Å². The molecule has 0 aromatic heterocycles. The van der Waals surface area contributed by atoms with Gasteiger partial charge in [-0.05, 0) is 25.2 Å². The predicted molar refractivity (Wildman–Crippen MR) is 66.4 cm³/mol. The minimum Gasteiger partial charge on any atom is -0.363 e. The van der Waals surface area contributed by atoms with Crippen LogP contribution in [-0.2, 0) is 0 Å². The number of hydrogen-bond acceptors (Lipinski definition) is 1. The van der Waals surface area contributed by atoms with Gasteiger partial charge in [0.2, 0.25) is 0 Å². The Kier molecular flexibility index (Phi) is 5.13. The Labute approximate surface area is 94.6 Å². The Balaban J connectivity index is 2.30. The first-order valence-corrected chi connectivity index (χ1v) is 6.41. The summed E-state index contributed by atoms with van der Waals surface area (Å²) in [5.41, 5.74) is 0. The van der Waals surface area contributed by atoms with E-state index in [9.17, 15) is 0 Å². The molecule has 0 amide bonds. The molecule has 0 saturated heterocycles. The van der Waals surface area contributed by atoms with Crippen molar-refractivity contribution < 1.29 is 0 Å². The summed E-state index contributed by atoms with van der Waals surface area (Å²) in [7, 11) is 2.08. The lowest BCUT2D eigenvalue weighted by Crippen LogP contribution is -2.34. The molecule has 15 heavy (non-hydrogen) atoms. The van der Waals surface area contributed by atoms with Crippen molar-refractivity contribution in [3.05, 3.63) is 0 Å². The standard InChI is InChI=1S/C13H26N2/c1-11(2)9-10-15(3)13(14)12-7-5-4-6-8-12/h11-12,14H,4-10H2,1-3H3. The first-order valence-electron chi connectivity index (χ1n) is 6.41. The van der Waals surface area contributed by atoms with Crippen LogP contribution in [0.4, 0.5) is 0 Å². The van der Waals surface area contributed by atoms with Crippen LogP contribution in [0, 0.1) is 17.2 Å². The SMILES string of the molecule is CC(C)CCN(C)C(=N)C1CCCCC1. The summed E-state index contributed by atoms with van der Waals surface area (Å²) in [5.74, 6) is 2.18. The minimum absolute atomic E-state index is 0.552. The summed E-state index contributed by atoms with van der Waals surface area (Å²) in [5, 5.41) is 8.16. The predicted octanol–water partition coefficient (Wildman–Crippen LogP) is 3.52. The highest BCUT2D eigenvalue weighted by Crippen LogP contribution is 2.25. The van der Waals surface area contributed by atoms with E-state index in [4.69, 9.17) is 5.41 Å². The van der Waals surface area contributed by atoms with Gasteiger partial charge in [-0.25, -0.2) is 0 Å². The maximum absolute atomic E-state index is 8.16. The minimum atomic E-state index is 0.552. The maximum Gasteiger partial charge on any atom is 0.0986 e. The van der Waals surface area contributed by atoms with Crippen LogP contribution in [0.1, 0.15) is 52.4 Å². The van der Waals surface area contributed by atoms with Gasteiger partial charge in [0.25, 0.3) is 0 Å². The summed E-state index contributed by atoms with van der Waals surface area (Å²) in [4.78, 5) is 2.16. The van der Waals surface area contributed by atoms with Crippen LogP contribution in [0.3, 0.4) is 0 Å². The van der Waals surface area contributed by atoms with Gasteiger partial charge in [-0.2, -0.15) is 0 Å². The zero-order valence-corrected chi connectivity index (χ0v) is 10.6. The molecule has 0 aliphatic heterocycles. The van der Waals surface area contributed by atoms with Crippen LogP contribution < -0.4 is 0 Å². The van der Waals surface area contributed by atoms with Crippen molar-refractivity contribution in [2.24, 2.45) is 11.8 Å². The average Bonchev–Trinajstić information content (AvgIpc) is 2.26. The summed E-state index contributed by atoms with van der Waals surface area (Å²) in [6.45, 7) is 5.54. The molecule has 0 heterocycles. The van der Waals surface area contributed by atoms with Crippen molar-refractivity contribution in [2.45, 2.75) is 52.4 Å². The summed E-state index contributed by atoms with van der Waals surface area (Å²) >= 11 is 0. The molecule has 1 aliphatic rings. The molecule has 1 N–H and O–H groups in total. The Morgan fingerprint density at radius 2 is 1.87 bits per heavy atom. The van der Waals surface area contributed by atoms with Crippen molar-refractivity contribution in [3.63, 3.8) is 0 Å². The fraction of sp³-hybridized carbons (Fsp3) is 0.923. The maximum atomic E-state index is 8.16. The molecule has 0 aromatic rings. The van der Waals surface area contributed by atoms with Crippen LogP contribution in [0.25, 0.3) is 0 Å². The molecule has 0 atom stereocenters. The second kappa shape index (κ2) is 6.14. The van der Waals surface area contributed by atoms with Crippen molar-refractivity contribution in [1.82, 2.24) is 4.90 Å². The molecule has 1 fully saturated rings. The van der Waals surface area contributed by atoms with E-state index in [-0.39, 0.29) is 0 Å². The van der Waals surface area contributed by atoms with Gasteiger partial charge in [0, 0.05) is 19.5 Å². The first kappa shape index (κ1) is 12.5. The Morgan fingerprint density at radius 3 is 2.40 bits per heavy atom. The van der Waals surface area contributed by atoms with E-state index >= 15 is 0 Å². The highest BCUT2D eigenvalue weighted by molar-refractivity contribution is 5.81. The number of rotatable bonds is 4. The highest BCUT2D eigenvalue weighted by Gasteiger charge is 2.20. The van der Waals surface area contributed by atoms with E-state index in [1.54, 1.807) is 0 Å². The van der Waals surface area contributed by atoms with Crippen LogP contribution in [-0.4, -0.2) is 24.3 Å². The molecular formula is C13H26N2. The van der Waals surface area contributed by atoms with E-state index < -0.39 is 0 Å². The van der Waals surface area contributed by atoms with Gasteiger partial charge in [0.05, 0.1) is 5.84 Å². The number of nitrogens with one attached hydrogen (secondary N) is 1. The normalized spacial score (nSPS) is 18.1. The van der Waals surface area contributed by atoms with Crippen LogP contribution in [0.5, 0.6) is 0 Å². The molecule has 1 aliphatic carbocycles. The molecule has 1 rings (SSSR count). The zero-order valence-electron chi connectivity index (χ0n) is 10.6. The van der Waals surface area contributed by atoms with Gasteiger partial charge in [-0.1, -0.05) is 33.1 Å². The van der Waals surface area contributed by atoms with E-state index in [1.165, 1.54) is 38.5 Å². The van der Waals surface area contributed by atoms with Crippen LogP contribution in [0.2, 0.25) is 0 Å². The molecule has 0 spiro atoms. The largest absolute Gasteiger partial charge is 0.363 e. The quantitative estimate of drug-likeness (QED) is 0.558. The van der Waals surface area contributed by atoms with Crippen molar-refractivity contribution in [3.8, 4) is 0 Å². The fourth-order valence-electron chi connectivity index (χ4n) is 2.26. The average molecular weight is 210 g/mol. The second-order valence-electron chi connectivity index (χ2n) is 5.32. The Morgan fingerprint density at radius 1 is 1.27 bits per heavy atom. The first-order chi connectivity index (χ1) is 7.11. The lowest BCUT2D eigenvalue weighted by atomic mass is 9.88. The van der Waals surface area contributed by atoms with Gasteiger partial charge in [0.15, 0.2) is 0 Å². The molecule has 1 saturated carbocycles. The van der Waals surface area contributed by atoms with Gasteiger partial charge in [-0.15, -0.1) is 0 Å². The van der Waals surface area contributed by atoms with Crippen LogP contribution >= 0.6 is 0 Å². The lowest BCUT2D eigenvalue weighted by molar-refractivity contribution is 0.369. The van der Waals surface area contributed by atoms with E-state index in [0.717, 1.165) is 18.3 Å². The van der Waals surface area contributed by atoms with E-state index in [0.29, 0.717) is 5.92 Å². The molecule has 0 radical (unpaired) electrons. The monoisotopic (exact) mass is 210 g/mol. The molecule has 0 bridgehead atoms. The summed E-state index contributed by atoms with van der Waals surface area (Å²) in [6.07, 6.45) is 7.71. The number of nitrogens with zero attached hydrogens (tertiary/aromatic N) is 1.